The summed E-state index contributed by atoms with van der Waals surface area (Å²) in [7, 11) is 0. The topological polar surface area (TPSA) is 39.2 Å². The van der Waals surface area contributed by atoms with Gasteiger partial charge < -0.3 is 4.74 Å². The Morgan fingerprint density at radius 2 is 2.11 bits per heavy atom. The van der Waals surface area contributed by atoms with Crippen molar-refractivity contribution in [3.63, 3.8) is 0 Å². The molecule has 0 N–H and O–H groups in total. The number of halogens is 2. The molecule has 0 saturated heterocycles. The predicted molar refractivity (Wildman–Crippen MR) is 62.5 cm³/mol. The van der Waals surface area contributed by atoms with Crippen LogP contribution in [0.1, 0.15) is 11.5 Å². The molecule has 18 heavy (non-hydrogen) atoms. The number of benzene rings is 1. The van der Waals surface area contributed by atoms with E-state index >= 15 is 0 Å². The van der Waals surface area contributed by atoms with Gasteiger partial charge in [-0.25, -0.2) is 8.78 Å². The largest absolute Gasteiger partial charge is 0.467 e. The number of nitrogens with zero attached hydrogens (tertiary/aromatic N) is 1. The van der Waals surface area contributed by atoms with E-state index in [1.807, 2.05) is 12.1 Å². The number of pyridine rings is 1. The first-order valence-corrected chi connectivity index (χ1v) is 5.40. The number of ether oxygens (including phenoxy) is 1. The fraction of sp³-hybridized carbons (Fsp3) is 0.231. The SMILES string of the molecule is O=COCC(c1cnc2ccccc2c1)C(F)F. The molecule has 0 aliphatic heterocycles. The Morgan fingerprint density at radius 3 is 2.83 bits per heavy atom. The fourth-order valence-corrected chi connectivity index (χ4v) is 1.75. The van der Waals surface area contributed by atoms with E-state index in [-0.39, 0.29) is 13.1 Å². The third-order valence-corrected chi connectivity index (χ3v) is 2.69. The monoisotopic (exact) mass is 251 g/mol. The summed E-state index contributed by atoms with van der Waals surface area (Å²) in [6, 6.07) is 8.89. The molecule has 0 fully saturated rings. The van der Waals surface area contributed by atoms with E-state index in [1.54, 1.807) is 18.2 Å². The summed E-state index contributed by atoms with van der Waals surface area (Å²) in [5, 5.41) is 0.784. The number of hydrogen-bond donors (Lipinski definition) is 0. The van der Waals surface area contributed by atoms with Crippen LogP contribution in [0.2, 0.25) is 0 Å². The number of para-hydroxylation sites is 1. The average Bonchev–Trinajstić information content (AvgIpc) is 2.38. The van der Waals surface area contributed by atoms with Crippen LogP contribution in [-0.2, 0) is 9.53 Å². The van der Waals surface area contributed by atoms with E-state index < -0.39 is 12.3 Å². The normalized spacial score (nSPS) is 12.6. The smallest absolute Gasteiger partial charge is 0.293 e. The van der Waals surface area contributed by atoms with Crippen molar-refractivity contribution in [3.8, 4) is 0 Å². The van der Waals surface area contributed by atoms with E-state index in [0.29, 0.717) is 5.56 Å². The molecule has 94 valence electrons. The lowest BCUT2D eigenvalue weighted by molar-refractivity contribution is -0.130. The first kappa shape index (κ1) is 12.4. The molecule has 1 aromatic heterocycles. The fourth-order valence-electron chi connectivity index (χ4n) is 1.75. The third-order valence-electron chi connectivity index (χ3n) is 2.69. The van der Waals surface area contributed by atoms with Gasteiger partial charge in [0.05, 0.1) is 11.4 Å². The van der Waals surface area contributed by atoms with Crippen LogP contribution >= 0.6 is 0 Å². The standard InChI is InChI=1S/C13H11F2NO2/c14-13(15)11(7-18-8-17)10-5-9-3-1-2-4-12(9)16-6-10/h1-6,8,11,13H,7H2. The number of aromatic nitrogens is 1. The minimum absolute atomic E-state index is 0.170. The number of hydrogen-bond acceptors (Lipinski definition) is 3. The Labute approximate surface area is 102 Å². The summed E-state index contributed by atoms with van der Waals surface area (Å²) in [6.45, 7) is -0.176. The molecule has 1 heterocycles. The molecule has 1 unspecified atom stereocenters. The van der Waals surface area contributed by atoms with Gasteiger partial charge in [0, 0.05) is 11.6 Å². The lowest BCUT2D eigenvalue weighted by Crippen LogP contribution is -2.16. The molecule has 5 heteroatoms. The molecule has 2 rings (SSSR count). The third kappa shape index (κ3) is 2.61. The summed E-state index contributed by atoms with van der Waals surface area (Å²) in [6.07, 6.45) is -1.21. The zero-order valence-electron chi connectivity index (χ0n) is 9.42. The molecule has 3 nitrogen and oxygen atoms in total. The summed E-state index contributed by atoms with van der Waals surface area (Å²) in [5.74, 6) is -1.15. The lowest BCUT2D eigenvalue weighted by Gasteiger charge is -2.15. The van der Waals surface area contributed by atoms with E-state index in [1.165, 1.54) is 6.20 Å². The average molecular weight is 251 g/mol. The maximum atomic E-state index is 12.9. The molecule has 0 saturated carbocycles. The highest BCUT2D eigenvalue weighted by atomic mass is 19.3. The van der Waals surface area contributed by atoms with Crippen molar-refractivity contribution in [1.82, 2.24) is 4.98 Å². The zero-order chi connectivity index (χ0) is 13.0. The van der Waals surface area contributed by atoms with Crippen LogP contribution in [0.3, 0.4) is 0 Å². The van der Waals surface area contributed by atoms with Gasteiger partial charge in [-0.3, -0.25) is 9.78 Å². The molecule has 0 bridgehead atoms. The van der Waals surface area contributed by atoms with Gasteiger partial charge in [-0.1, -0.05) is 18.2 Å². The molecular formula is C13H11F2NO2. The molecule has 0 amide bonds. The number of carbonyl (C=O) groups excluding carboxylic acids is 1. The second kappa shape index (κ2) is 5.53. The van der Waals surface area contributed by atoms with Gasteiger partial charge in [-0.15, -0.1) is 0 Å². The highest BCUT2D eigenvalue weighted by Gasteiger charge is 2.23. The number of alkyl halides is 2. The van der Waals surface area contributed by atoms with Gasteiger partial charge >= 0.3 is 0 Å². The van der Waals surface area contributed by atoms with Gasteiger partial charge in [0.2, 0.25) is 6.43 Å². The minimum atomic E-state index is -2.60. The molecule has 0 radical (unpaired) electrons. The molecular weight excluding hydrogens is 240 g/mol. The highest BCUT2D eigenvalue weighted by molar-refractivity contribution is 5.78. The van der Waals surface area contributed by atoms with Crippen LogP contribution in [0.5, 0.6) is 0 Å². The summed E-state index contributed by atoms with van der Waals surface area (Å²) < 4.78 is 30.2. The van der Waals surface area contributed by atoms with Crippen LogP contribution in [0.4, 0.5) is 8.78 Å². The second-order valence-corrected chi connectivity index (χ2v) is 3.83. The molecule has 2 aromatic rings. The Balaban J connectivity index is 2.34. The summed E-state index contributed by atoms with van der Waals surface area (Å²) in [5.41, 5.74) is 1.11. The Kier molecular flexibility index (Phi) is 3.82. The molecule has 0 aliphatic carbocycles. The molecule has 0 aliphatic rings. The van der Waals surface area contributed by atoms with Crippen molar-refractivity contribution in [2.75, 3.05) is 6.61 Å². The van der Waals surface area contributed by atoms with Crippen molar-refractivity contribution in [2.45, 2.75) is 12.3 Å². The van der Waals surface area contributed by atoms with Crippen LogP contribution < -0.4 is 0 Å². The van der Waals surface area contributed by atoms with Crippen LogP contribution in [-0.4, -0.2) is 24.5 Å². The van der Waals surface area contributed by atoms with Gasteiger partial charge in [-0.2, -0.15) is 0 Å². The number of rotatable bonds is 5. The Bertz CT molecular complexity index is 545. The Morgan fingerprint density at radius 1 is 1.33 bits per heavy atom. The van der Waals surface area contributed by atoms with E-state index in [2.05, 4.69) is 9.72 Å². The van der Waals surface area contributed by atoms with E-state index in [9.17, 15) is 13.6 Å². The van der Waals surface area contributed by atoms with Crippen LogP contribution in [0.15, 0.2) is 36.5 Å². The first-order valence-electron chi connectivity index (χ1n) is 5.40. The zero-order valence-corrected chi connectivity index (χ0v) is 9.42. The summed E-state index contributed by atoms with van der Waals surface area (Å²) >= 11 is 0. The van der Waals surface area contributed by atoms with Crippen molar-refractivity contribution in [3.05, 3.63) is 42.1 Å². The Hall–Kier alpha value is -2.04. The first-order chi connectivity index (χ1) is 8.72. The van der Waals surface area contributed by atoms with Crippen molar-refractivity contribution in [1.29, 1.82) is 0 Å². The van der Waals surface area contributed by atoms with Crippen molar-refractivity contribution < 1.29 is 18.3 Å². The maximum Gasteiger partial charge on any atom is 0.293 e. The van der Waals surface area contributed by atoms with Crippen molar-refractivity contribution in [2.24, 2.45) is 0 Å². The molecule has 0 spiro atoms. The lowest BCUT2D eigenvalue weighted by atomic mass is 10.0. The molecule has 1 atom stereocenters. The molecule has 1 aromatic carbocycles. The quantitative estimate of drug-likeness (QED) is 0.767. The van der Waals surface area contributed by atoms with E-state index in [0.717, 1.165) is 10.9 Å². The van der Waals surface area contributed by atoms with Crippen LogP contribution in [0, 0.1) is 0 Å². The number of carbonyl (C=O) groups is 1. The summed E-state index contributed by atoms with van der Waals surface area (Å²) in [4.78, 5) is 14.2. The van der Waals surface area contributed by atoms with E-state index in [4.69, 9.17) is 0 Å². The minimum Gasteiger partial charge on any atom is -0.467 e. The second-order valence-electron chi connectivity index (χ2n) is 3.83. The van der Waals surface area contributed by atoms with Gasteiger partial charge in [-0.05, 0) is 17.7 Å². The van der Waals surface area contributed by atoms with Gasteiger partial charge in [0.25, 0.3) is 6.47 Å². The van der Waals surface area contributed by atoms with Gasteiger partial charge in [0.1, 0.15) is 6.61 Å². The maximum absolute atomic E-state index is 12.9. The van der Waals surface area contributed by atoms with Gasteiger partial charge in [0.15, 0.2) is 0 Å². The predicted octanol–water partition coefficient (Wildman–Crippen LogP) is 2.76. The van der Waals surface area contributed by atoms with Crippen molar-refractivity contribution >= 4 is 17.4 Å². The van der Waals surface area contributed by atoms with Crippen LogP contribution in [0.25, 0.3) is 10.9 Å². The highest BCUT2D eigenvalue weighted by Crippen LogP contribution is 2.25. The number of fused-ring (bicyclic) bond motifs is 1.